The molecule has 0 bridgehead atoms. The van der Waals surface area contributed by atoms with Crippen LogP contribution in [-0.2, 0) is 11.0 Å². The number of hydrogen-bond donors (Lipinski definition) is 3. The van der Waals surface area contributed by atoms with Crippen molar-refractivity contribution in [1.29, 1.82) is 0 Å². The number of para-hydroxylation sites is 1. The van der Waals surface area contributed by atoms with Crippen molar-refractivity contribution in [3.8, 4) is 11.3 Å². The van der Waals surface area contributed by atoms with E-state index < -0.39 is 11.7 Å². The van der Waals surface area contributed by atoms with Gasteiger partial charge in [0.1, 0.15) is 5.56 Å². The minimum absolute atomic E-state index is 0.00960. The normalized spacial score (nSPS) is 15.8. The second-order valence-electron chi connectivity index (χ2n) is 10.0. The number of alkyl halides is 3. The van der Waals surface area contributed by atoms with E-state index in [4.69, 9.17) is 0 Å². The maximum atomic E-state index is 14.0. The van der Waals surface area contributed by atoms with E-state index in [0.717, 1.165) is 42.5 Å². The summed E-state index contributed by atoms with van der Waals surface area (Å²) >= 11 is 0. The van der Waals surface area contributed by atoms with Crippen molar-refractivity contribution in [2.24, 2.45) is 0 Å². The minimum Gasteiger partial charge on any atom is -0.368 e. The monoisotopic (exact) mass is 537 g/mol. The number of aromatic amines is 1. The highest BCUT2D eigenvalue weighted by molar-refractivity contribution is 5.97. The Labute approximate surface area is 224 Å². The standard InChI is InChI=1S/C28H30F3N7O/c1-16-6-5-7-20-21(13-32-25(16)20)26-22(28(29,30)31)14-33-27(36-26)35-18-8-9-24(23(12-18)34-17(2)39)38-11-10-19(15-38)37(3)4/h5-9,12-14,19,32H,10-11,15H2,1-4H3,(H,34,39)(H,33,35,36)/t19-/m0/s1. The Kier molecular flexibility index (Phi) is 6.94. The molecule has 0 spiro atoms. The number of rotatable bonds is 6. The molecular weight excluding hydrogens is 507 g/mol. The van der Waals surface area contributed by atoms with Gasteiger partial charge < -0.3 is 25.4 Å². The minimum atomic E-state index is -4.64. The number of nitrogens with zero attached hydrogens (tertiary/aromatic N) is 4. The zero-order chi connectivity index (χ0) is 27.9. The third-order valence-electron chi connectivity index (χ3n) is 7.07. The molecule has 1 saturated heterocycles. The molecule has 2 aromatic carbocycles. The summed E-state index contributed by atoms with van der Waals surface area (Å²) in [6, 6.07) is 11.3. The molecule has 1 amide bonds. The molecule has 1 atom stereocenters. The smallest absolute Gasteiger partial charge is 0.368 e. The van der Waals surface area contributed by atoms with Gasteiger partial charge in [0.25, 0.3) is 0 Å². The molecule has 11 heteroatoms. The van der Waals surface area contributed by atoms with Crippen LogP contribution in [0.3, 0.4) is 0 Å². The fourth-order valence-electron chi connectivity index (χ4n) is 5.05. The topological polar surface area (TPSA) is 89.2 Å². The SMILES string of the molecule is CC(=O)Nc1cc(Nc2ncc(C(F)(F)F)c(-c3c[nH]c4c(C)cccc34)n2)ccc1N1CC[C@H](N(C)C)C1. The lowest BCUT2D eigenvalue weighted by Crippen LogP contribution is -2.31. The van der Waals surface area contributed by atoms with E-state index in [-0.39, 0.29) is 17.5 Å². The van der Waals surface area contributed by atoms with Crippen molar-refractivity contribution in [3.63, 3.8) is 0 Å². The van der Waals surface area contributed by atoms with E-state index in [1.165, 1.54) is 6.92 Å². The van der Waals surface area contributed by atoms with Crippen LogP contribution in [0.1, 0.15) is 24.5 Å². The summed E-state index contributed by atoms with van der Waals surface area (Å²) < 4.78 is 41.9. The van der Waals surface area contributed by atoms with Gasteiger partial charge in [-0.05, 0) is 51.2 Å². The van der Waals surface area contributed by atoms with Crippen LogP contribution in [0.5, 0.6) is 0 Å². The molecule has 2 aromatic heterocycles. The number of aromatic nitrogens is 3. The van der Waals surface area contributed by atoms with Crippen LogP contribution >= 0.6 is 0 Å². The molecule has 8 nitrogen and oxygen atoms in total. The van der Waals surface area contributed by atoms with Crippen LogP contribution in [0.15, 0.2) is 48.8 Å². The third kappa shape index (κ3) is 5.40. The molecule has 0 radical (unpaired) electrons. The van der Waals surface area contributed by atoms with E-state index >= 15 is 0 Å². The van der Waals surface area contributed by atoms with Gasteiger partial charge in [-0.2, -0.15) is 13.2 Å². The summed E-state index contributed by atoms with van der Waals surface area (Å²) in [6.45, 7) is 4.99. The second kappa shape index (κ2) is 10.2. The molecule has 0 aliphatic carbocycles. The number of nitrogens with one attached hydrogen (secondary N) is 3. The first kappa shape index (κ1) is 26.5. The number of halogens is 3. The van der Waals surface area contributed by atoms with E-state index in [1.807, 2.05) is 33.2 Å². The molecular formula is C28H30F3N7O. The zero-order valence-corrected chi connectivity index (χ0v) is 22.1. The number of H-pyrrole nitrogens is 1. The fourth-order valence-corrected chi connectivity index (χ4v) is 5.05. The highest BCUT2D eigenvalue weighted by Crippen LogP contribution is 2.39. The number of fused-ring (bicyclic) bond motifs is 1. The van der Waals surface area contributed by atoms with Crippen molar-refractivity contribution >= 4 is 39.8 Å². The first-order valence-electron chi connectivity index (χ1n) is 12.6. The lowest BCUT2D eigenvalue weighted by atomic mass is 10.0. The van der Waals surface area contributed by atoms with Gasteiger partial charge in [-0.25, -0.2) is 9.97 Å². The van der Waals surface area contributed by atoms with Gasteiger partial charge in [0.2, 0.25) is 11.9 Å². The fraction of sp³-hybridized carbons (Fsp3) is 0.321. The van der Waals surface area contributed by atoms with E-state index in [9.17, 15) is 18.0 Å². The van der Waals surface area contributed by atoms with Crippen molar-refractivity contribution < 1.29 is 18.0 Å². The summed E-state index contributed by atoms with van der Waals surface area (Å²) in [7, 11) is 4.09. The van der Waals surface area contributed by atoms with Crippen molar-refractivity contribution in [1.82, 2.24) is 19.9 Å². The predicted octanol–water partition coefficient (Wildman–Crippen LogP) is 5.79. The largest absolute Gasteiger partial charge is 0.419 e. The molecule has 0 saturated carbocycles. The maximum Gasteiger partial charge on any atom is 0.419 e. The number of carbonyl (C=O) groups excluding carboxylic acids is 1. The molecule has 1 aliphatic heterocycles. The van der Waals surface area contributed by atoms with Gasteiger partial charge >= 0.3 is 6.18 Å². The van der Waals surface area contributed by atoms with Crippen LogP contribution in [0.25, 0.3) is 22.2 Å². The highest BCUT2D eigenvalue weighted by atomic mass is 19.4. The van der Waals surface area contributed by atoms with Crippen molar-refractivity contribution in [3.05, 3.63) is 59.9 Å². The second-order valence-corrected chi connectivity index (χ2v) is 10.0. The van der Waals surface area contributed by atoms with Crippen LogP contribution in [0.4, 0.5) is 36.2 Å². The Hall–Kier alpha value is -4.12. The Morgan fingerprint density at radius 1 is 1.21 bits per heavy atom. The van der Waals surface area contributed by atoms with E-state index in [0.29, 0.717) is 28.4 Å². The lowest BCUT2D eigenvalue weighted by Gasteiger charge is -2.24. The maximum absolute atomic E-state index is 14.0. The van der Waals surface area contributed by atoms with Gasteiger partial charge in [0.15, 0.2) is 0 Å². The lowest BCUT2D eigenvalue weighted by molar-refractivity contribution is -0.137. The molecule has 5 rings (SSSR count). The number of amides is 1. The van der Waals surface area contributed by atoms with Gasteiger partial charge in [-0.3, -0.25) is 4.79 Å². The number of benzene rings is 2. The van der Waals surface area contributed by atoms with Crippen molar-refractivity contribution in [2.45, 2.75) is 32.5 Å². The van der Waals surface area contributed by atoms with Gasteiger partial charge in [-0.15, -0.1) is 0 Å². The summed E-state index contributed by atoms with van der Waals surface area (Å²) in [5.74, 6) is -0.213. The Balaban J connectivity index is 1.51. The average Bonchev–Trinajstić information content (AvgIpc) is 3.52. The summed E-state index contributed by atoms with van der Waals surface area (Å²) in [5.41, 5.74) is 2.88. The summed E-state index contributed by atoms with van der Waals surface area (Å²) in [6.07, 6.45) is -1.29. The number of anilines is 4. The first-order chi connectivity index (χ1) is 18.5. The summed E-state index contributed by atoms with van der Waals surface area (Å²) in [5, 5.41) is 6.55. The Morgan fingerprint density at radius 2 is 2.00 bits per heavy atom. The molecule has 3 N–H and O–H groups in total. The van der Waals surface area contributed by atoms with Gasteiger partial charge in [0.05, 0.1) is 17.1 Å². The summed E-state index contributed by atoms with van der Waals surface area (Å²) in [4.78, 5) is 27.7. The third-order valence-corrected chi connectivity index (χ3v) is 7.07. The Bertz CT molecular complexity index is 1530. The van der Waals surface area contributed by atoms with E-state index in [1.54, 1.807) is 30.5 Å². The van der Waals surface area contributed by atoms with Crippen LogP contribution in [-0.4, -0.2) is 59.0 Å². The Morgan fingerprint density at radius 3 is 2.69 bits per heavy atom. The number of likely N-dealkylation sites (N-methyl/N-ethyl adjacent to an activating group) is 1. The molecule has 204 valence electrons. The molecule has 0 unspecified atom stereocenters. The quantitative estimate of drug-likeness (QED) is 0.288. The van der Waals surface area contributed by atoms with Crippen molar-refractivity contribution in [2.75, 3.05) is 42.7 Å². The molecule has 39 heavy (non-hydrogen) atoms. The highest BCUT2D eigenvalue weighted by Gasteiger charge is 2.36. The first-order valence-corrected chi connectivity index (χ1v) is 12.6. The van der Waals surface area contributed by atoms with E-state index in [2.05, 4.69) is 35.4 Å². The van der Waals surface area contributed by atoms with Crippen LogP contribution in [0, 0.1) is 6.92 Å². The zero-order valence-electron chi connectivity index (χ0n) is 22.1. The predicted molar refractivity (Wildman–Crippen MR) is 147 cm³/mol. The molecule has 3 heterocycles. The number of aryl methyl sites for hydroxylation is 1. The number of hydrogen-bond acceptors (Lipinski definition) is 6. The average molecular weight is 538 g/mol. The van der Waals surface area contributed by atoms with Crippen LogP contribution in [0.2, 0.25) is 0 Å². The van der Waals surface area contributed by atoms with Gasteiger partial charge in [0, 0.05) is 60.6 Å². The van der Waals surface area contributed by atoms with Crippen LogP contribution < -0.4 is 15.5 Å². The molecule has 1 aliphatic rings. The molecule has 1 fully saturated rings. The molecule has 4 aromatic rings. The number of carbonyl (C=O) groups is 1. The van der Waals surface area contributed by atoms with Gasteiger partial charge in [-0.1, -0.05) is 18.2 Å².